The highest BCUT2D eigenvalue weighted by Crippen LogP contribution is 2.15. The molecule has 1 aliphatic rings. The molecule has 0 saturated carbocycles. The summed E-state index contributed by atoms with van der Waals surface area (Å²) >= 11 is 0. The van der Waals surface area contributed by atoms with Gasteiger partial charge in [-0.05, 0) is 30.6 Å². The summed E-state index contributed by atoms with van der Waals surface area (Å²) in [6.07, 6.45) is 10.1. The zero-order valence-electron chi connectivity index (χ0n) is 9.90. The van der Waals surface area contributed by atoms with Crippen molar-refractivity contribution in [2.24, 2.45) is 0 Å². The van der Waals surface area contributed by atoms with Crippen LogP contribution in [-0.4, -0.2) is 13.1 Å². The van der Waals surface area contributed by atoms with E-state index in [4.69, 9.17) is 5.26 Å². The molecule has 0 N–H and O–H groups in total. The summed E-state index contributed by atoms with van der Waals surface area (Å²) in [4.78, 5) is 10.8. The molecule has 0 amide bonds. The average molecular weight is 229 g/mol. The highest BCUT2D eigenvalue weighted by atomic mass is 16.5. The fraction of sp³-hybridized carbons (Fsp3) is 0.357. The normalized spacial score (nSPS) is 13.4. The van der Waals surface area contributed by atoms with Gasteiger partial charge in [0.05, 0.1) is 13.2 Å². The van der Waals surface area contributed by atoms with Crippen molar-refractivity contribution in [3.05, 3.63) is 41.2 Å². The lowest BCUT2D eigenvalue weighted by atomic mass is 10.0. The van der Waals surface area contributed by atoms with Crippen LogP contribution in [0.25, 0.3) is 0 Å². The first-order chi connectivity index (χ1) is 8.26. The van der Waals surface area contributed by atoms with E-state index in [9.17, 15) is 4.79 Å². The monoisotopic (exact) mass is 229 g/mol. The van der Waals surface area contributed by atoms with Gasteiger partial charge in [0.1, 0.15) is 0 Å². The molecule has 1 aliphatic carbocycles. The molecule has 0 bridgehead atoms. The summed E-state index contributed by atoms with van der Waals surface area (Å²) < 4.78 is 4.54. The minimum atomic E-state index is -0.182. The van der Waals surface area contributed by atoms with Crippen LogP contribution >= 0.6 is 0 Å². The molecular formula is C14H15NO2. The van der Waals surface area contributed by atoms with Crippen LogP contribution in [0.1, 0.15) is 25.7 Å². The van der Waals surface area contributed by atoms with Gasteiger partial charge in [0.2, 0.25) is 0 Å². The van der Waals surface area contributed by atoms with Crippen LogP contribution in [0.15, 0.2) is 41.2 Å². The van der Waals surface area contributed by atoms with Gasteiger partial charge >= 0.3 is 5.97 Å². The molecule has 0 saturated heterocycles. The van der Waals surface area contributed by atoms with Crippen molar-refractivity contribution in [2.75, 3.05) is 7.11 Å². The van der Waals surface area contributed by atoms with Crippen molar-refractivity contribution >= 4 is 5.97 Å². The van der Waals surface area contributed by atoms with E-state index in [1.54, 1.807) is 0 Å². The van der Waals surface area contributed by atoms with E-state index < -0.39 is 0 Å². The zero-order chi connectivity index (χ0) is 12.5. The first kappa shape index (κ1) is 13.0. The minimum Gasteiger partial charge on any atom is -0.469 e. The number of hydrogen-bond donors (Lipinski definition) is 0. The van der Waals surface area contributed by atoms with Crippen molar-refractivity contribution in [1.82, 2.24) is 0 Å². The SMILES string of the molecule is COC(=O)CCCC=C=C1C=CC=C(C#N)C1. The highest BCUT2D eigenvalue weighted by Gasteiger charge is 2.01. The molecule has 0 aromatic rings. The summed E-state index contributed by atoms with van der Waals surface area (Å²) in [7, 11) is 1.39. The molecule has 88 valence electrons. The number of carbonyl (C=O) groups excluding carboxylic acids is 1. The number of nitrogens with zero attached hydrogens (tertiary/aromatic N) is 1. The molecule has 0 unspecified atom stereocenters. The summed E-state index contributed by atoms with van der Waals surface area (Å²) in [5.41, 5.74) is 4.89. The predicted molar refractivity (Wildman–Crippen MR) is 64.9 cm³/mol. The smallest absolute Gasteiger partial charge is 0.305 e. The second kappa shape index (κ2) is 7.27. The molecule has 3 heteroatoms. The fourth-order valence-corrected chi connectivity index (χ4v) is 1.43. The maximum Gasteiger partial charge on any atom is 0.305 e. The molecular weight excluding hydrogens is 214 g/mol. The lowest BCUT2D eigenvalue weighted by Crippen LogP contribution is -1.98. The number of hydrogen-bond acceptors (Lipinski definition) is 3. The van der Waals surface area contributed by atoms with Crippen molar-refractivity contribution in [2.45, 2.75) is 25.7 Å². The van der Waals surface area contributed by atoms with E-state index in [1.165, 1.54) is 7.11 Å². The third kappa shape index (κ3) is 5.01. The van der Waals surface area contributed by atoms with Crippen LogP contribution in [0.3, 0.4) is 0 Å². The second-order valence-corrected chi connectivity index (χ2v) is 3.68. The van der Waals surface area contributed by atoms with Crippen LogP contribution in [0.4, 0.5) is 0 Å². The van der Waals surface area contributed by atoms with Crippen molar-refractivity contribution in [3.8, 4) is 6.07 Å². The van der Waals surface area contributed by atoms with Gasteiger partial charge in [-0.1, -0.05) is 12.2 Å². The first-order valence-electron chi connectivity index (χ1n) is 5.54. The molecule has 0 fully saturated rings. The van der Waals surface area contributed by atoms with Crippen LogP contribution in [-0.2, 0) is 9.53 Å². The average Bonchev–Trinajstić information content (AvgIpc) is 2.38. The second-order valence-electron chi connectivity index (χ2n) is 3.68. The number of esters is 1. The van der Waals surface area contributed by atoms with Gasteiger partial charge in [0.15, 0.2) is 0 Å². The first-order valence-corrected chi connectivity index (χ1v) is 5.54. The number of ether oxygens (including phenoxy) is 1. The summed E-state index contributed by atoms with van der Waals surface area (Å²) in [6.45, 7) is 0. The third-order valence-electron chi connectivity index (χ3n) is 2.36. The number of methoxy groups -OCH3 is 1. The Morgan fingerprint density at radius 3 is 3.18 bits per heavy atom. The Balaban J connectivity index is 2.39. The molecule has 0 spiro atoms. The van der Waals surface area contributed by atoms with Crippen LogP contribution in [0.5, 0.6) is 0 Å². The van der Waals surface area contributed by atoms with Gasteiger partial charge in [-0.15, -0.1) is 5.73 Å². The fourth-order valence-electron chi connectivity index (χ4n) is 1.43. The maximum atomic E-state index is 10.8. The largest absolute Gasteiger partial charge is 0.469 e. The van der Waals surface area contributed by atoms with E-state index in [0.717, 1.165) is 24.0 Å². The molecule has 0 aromatic heterocycles. The van der Waals surface area contributed by atoms with Gasteiger partial charge in [0.25, 0.3) is 0 Å². The molecule has 17 heavy (non-hydrogen) atoms. The Bertz CT molecular complexity index is 443. The van der Waals surface area contributed by atoms with Gasteiger partial charge in [-0.25, -0.2) is 0 Å². The molecule has 0 aliphatic heterocycles. The van der Waals surface area contributed by atoms with E-state index in [1.807, 2.05) is 24.3 Å². The number of unbranched alkanes of at least 4 members (excludes halogenated alkanes) is 1. The quantitative estimate of drug-likeness (QED) is 0.423. The van der Waals surface area contributed by atoms with Crippen molar-refractivity contribution < 1.29 is 9.53 Å². The minimum absolute atomic E-state index is 0.182. The molecule has 0 heterocycles. The summed E-state index contributed by atoms with van der Waals surface area (Å²) in [5.74, 6) is -0.182. The third-order valence-corrected chi connectivity index (χ3v) is 2.36. The topological polar surface area (TPSA) is 50.1 Å². The van der Waals surface area contributed by atoms with Crippen LogP contribution < -0.4 is 0 Å². The van der Waals surface area contributed by atoms with E-state index in [-0.39, 0.29) is 5.97 Å². The number of rotatable bonds is 4. The lowest BCUT2D eigenvalue weighted by molar-refractivity contribution is -0.140. The molecule has 0 aromatic carbocycles. The maximum absolute atomic E-state index is 10.8. The highest BCUT2D eigenvalue weighted by molar-refractivity contribution is 5.69. The molecule has 1 rings (SSSR count). The van der Waals surface area contributed by atoms with Crippen molar-refractivity contribution in [3.63, 3.8) is 0 Å². The summed E-state index contributed by atoms with van der Waals surface area (Å²) in [5, 5.41) is 8.75. The van der Waals surface area contributed by atoms with Gasteiger partial charge in [0, 0.05) is 18.4 Å². The summed E-state index contributed by atoms with van der Waals surface area (Å²) in [6, 6.07) is 2.13. The lowest BCUT2D eigenvalue weighted by Gasteiger charge is -2.01. The number of allylic oxidation sites excluding steroid dienone is 5. The standard InChI is InChI=1S/C14H15NO2/c1-17-14(16)9-4-2-3-6-12-7-5-8-13(10-12)11-15/h3,5,7-8H,2,4,9-10H2,1H3. The zero-order valence-corrected chi connectivity index (χ0v) is 9.90. The molecule has 0 atom stereocenters. The number of carbonyl (C=O) groups is 1. The van der Waals surface area contributed by atoms with Crippen LogP contribution in [0, 0.1) is 11.3 Å². The predicted octanol–water partition coefficient (Wildman–Crippen LogP) is 2.82. The Labute approximate surface area is 101 Å². The Kier molecular flexibility index (Phi) is 5.57. The van der Waals surface area contributed by atoms with E-state index in [2.05, 4.69) is 16.5 Å². The Hall–Kier alpha value is -2.04. The van der Waals surface area contributed by atoms with Crippen molar-refractivity contribution in [1.29, 1.82) is 5.26 Å². The van der Waals surface area contributed by atoms with E-state index >= 15 is 0 Å². The van der Waals surface area contributed by atoms with E-state index in [0.29, 0.717) is 12.8 Å². The molecule has 0 radical (unpaired) electrons. The molecule has 3 nitrogen and oxygen atoms in total. The van der Waals surface area contributed by atoms with Crippen LogP contribution in [0.2, 0.25) is 0 Å². The number of nitriles is 1. The van der Waals surface area contributed by atoms with Gasteiger partial charge in [-0.3, -0.25) is 4.79 Å². The Morgan fingerprint density at radius 2 is 2.47 bits per heavy atom. The Morgan fingerprint density at radius 1 is 1.65 bits per heavy atom. The van der Waals surface area contributed by atoms with Gasteiger partial charge < -0.3 is 4.74 Å². The van der Waals surface area contributed by atoms with Gasteiger partial charge in [-0.2, -0.15) is 5.26 Å².